The van der Waals surface area contributed by atoms with Gasteiger partial charge in [-0.15, -0.1) is 0 Å². The maximum Gasteiger partial charge on any atom is 0.168 e. The van der Waals surface area contributed by atoms with Crippen LogP contribution in [0, 0.1) is 6.07 Å². The van der Waals surface area contributed by atoms with Crippen LogP contribution in [0.2, 0.25) is 0 Å². The highest BCUT2D eigenvalue weighted by Gasteiger charge is 2.05. The van der Waals surface area contributed by atoms with Crippen LogP contribution in [-0.2, 0) is 4.84 Å². The van der Waals surface area contributed by atoms with Gasteiger partial charge in [0.05, 0.1) is 18.5 Å². The summed E-state index contributed by atoms with van der Waals surface area (Å²) in [6, 6.07) is 22.5. The Bertz CT molecular complexity index is 893. The van der Waals surface area contributed by atoms with Crippen molar-refractivity contribution in [2.24, 2.45) is 5.16 Å². The molecule has 2 aromatic carbocycles. The van der Waals surface area contributed by atoms with Gasteiger partial charge in [-0.1, -0.05) is 54.5 Å². The summed E-state index contributed by atoms with van der Waals surface area (Å²) in [5.74, 6) is 1.21. The van der Waals surface area contributed by atoms with Crippen molar-refractivity contribution in [3.8, 4) is 22.8 Å². The van der Waals surface area contributed by atoms with Crippen molar-refractivity contribution in [3.05, 3.63) is 78.5 Å². The van der Waals surface area contributed by atoms with Crippen molar-refractivity contribution < 1.29 is 14.3 Å². The smallest absolute Gasteiger partial charge is 0.168 e. The van der Waals surface area contributed by atoms with Crippen LogP contribution in [-0.4, -0.2) is 31.0 Å². The Morgan fingerprint density at radius 2 is 1.89 bits per heavy atom. The Morgan fingerprint density at radius 3 is 2.61 bits per heavy atom. The Balaban J connectivity index is 1.55. The van der Waals surface area contributed by atoms with E-state index in [-0.39, 0.29) is 0 Å². The predicted molar refractivity (Wildman–Crippen MR) is 110 cm³/mol. The van der Waals surface area contributed by atoms with E-state index in [0.29, 0.717) is 24.7 Å². The molecule has 1 aromatic heterocycles. The van der Waals surface area contributed by atoms with Gasteiger partial charge in [0, 0.05) is 17.8 Å². The molecule has 0 unspecified atom stereocenters. The number of hydrogen-bond donors (Lipinski definition) is 0. The minimum absolute atomic E-state index is 0.341. The summed E-state index contributed by atoms with van der Waals surface area (Å²) in [7, 11) is 1.59. The molecular formula is C23H23N2O3. The standard InChI is InChI=1S/C23H23N2O3/c1-3-20(18-11-13-19(14-12-18)21-8-6-7-15-24-21)25-28-17-16-27-23-10-5-4-9-22(23)26-2/h4-8,10-15H,3,16-17H2,1-2H3. The lowest BCUT2D eigenvalue weighted by Crippen LogP contribution is -2.07. The van der Waals surface area contributed by atoms with Crippen LogP contribution in [0.5, 0.6) is 11.5 Å². The molecule has 0 aliphatic heterocycles. The third-order valence-corrected chi connectivity index (χ3v) is 4.11. The molecule has 0 spiro atoms. The zero-order valence-electron chi connectivity index (χ0n) is 16.1. The number of methoxy groups -OCH3 is 1. The molecule has 28 heavy (non-hydrogen) atoms. The zero-order chi connectivity index (χ0) is 19.6. The molecule has 3 rings (SSSR count). The number of hydrogen-bond acceptors (Lipinski definition) is 5. The van der Waals surface area contributed by atoms with Gasteiger partial charge >= 0.3 is 0 Å². The van der Waals surface area contributed by atoms with Crippen molar-refractivity contribution >= 4 is 5.71 Å². The van der Waals surface area contributed by atoms with E-state index in [4.69, 9.17) is 14.3 Å². The van der Waals surface area contributed by atoms with E-state index < -0.39 is 0 Å². The fourth-order valence-electron chi connectivity index (χ4n) is 2.68. The molecule has 5 nitrogen and oxygen atoms in total. The number of aromatic nitrogens is 1. The molecule has 143 valence electrons. The maximum atomic E-state index is 5.66. The summed E-state index contributed by atoms with van der Waals surface area (Å²) < 4.78 is 10.9. The average molecular weight is 375 g/mol. The summed E-state index contributed by atoms with van der Waals surface area (Å²) in [4.78, 5) is 9.82. The molecule has 0 bridgehead atoms. The SMILES string of the molecule is CCC(=NOCCOc1ccc[c]c1OC)c1ccc(-c2ccccn2)cc1. The molecule has 0 fully saturated rings. The first kappa shape index (κ1) is 19.4. The number of ether oxygens (including phenoxy) is 2. The predicted octanol–water partition coefficient (Wildman–Crippen LogP) is 4.77. The van der Waals surface area contributed by atoms with E-state index in [1.807, 2.05) is 54.6 Å². The van der Waals surface area contributed by atoms with E-state index in [9.17, 15) is 0 Å². The summed E-state index contributed by atoms with van der Waals surface area (Å²) in [6.07, 6.45) is 2.56. The summed E-state index contributed by atoms with van der Waals surface area (Å²) in [5, 5.41) is 4.27. The van der Waals surface area contributed by atoms with Crippen molar-refractivity contribution in [1.29, 1.82) is 0 Å². The van der Waals surface area contributed by atoms with Gasteiger partial charge < -0.3 is 14.3 Å². The third kappa shape index (κ3) is 5.10. The fourth-order valence-corrected chi connectivity index (χ4v) is 2.68. The highest BCUT2D eigenvalue weighted by atomic mass is 16.6. The molecule has 0 N–H and O–H groups in total. The van der Waals surface area contributed by atoms with Gasteiger partial charge in [0.1, 0.15) is 6.61 Å². The second-order valence-corrected chi connectivity index (χ2v) is 5.93. The summed E-state index contributed by atoms with van der Waals surface area (Å²) in [6.45, 7) is 2.76. The van der Waals surface area contributed by atoms with Gasteiger partial charge in [0.25, 0.3) is 0 Å². The van der Waals surface area contributed by atoms with Crippen LogP contribution >= 0.6 is 0 Å². The van der Waals surface area contributed by atoms with Gasteiger partial charge in [-0.2, -0.15) is 0 Å². The van der Waals surface area contributed by atoms with Crippen LogP contribution in [0.25, 0.3) is 11.3 Å². The molecule has 5 heteroatoms. The number of benzene rings is 2. The lowest BCUT2D eigenvalue weighted by Gasteiger charge is -2.10. The number of oxime groups is 1. The molecule has 1 heterocycles. The molecule has 0 amide bonds. The average Bonchev–Trinajstić information content (AvgIpc) is 2.77. The van der Waals surface area contributed by atoms with Crippen molar-refractivity contribution in [2.75, 3.05) is 20.3 Å². The molecule has 0 aliphatic carbocycles. The van der Waals surface area contributed by atoms with Gasteiger partial charge in [-0.3, -0.25) is 4.98 Å². The Hall–Kier alpha value is -3.34. The van der Waals surface area contributed by atoms with Gasteiger partial charge in [-0.05, 0) is 30.2 Å². The van der Waals surface area contributed by atoms with E-state index >= 15 is 0 Å². The molecule has 1 radical (unpaired) electrons. The van der Waals surface area contributed by atoms with Crippen LogP contribution in [0.3, 0.4) is 0 Å². The second kappa shape index (κ2) is 10.1. The molecule has 3 aromatic rings. The van der Waals surface area contributed by atoms with E-state index in [1.54, 1.807) is 19.4 Å². The van der Waals surface area contributed by atoms with Gasteiger partial charge in [0.15, 0.2) is 18.1 Å². The first-order valence-corrected chi connectivity index (χ1v) is 9.20. The molecule has 0 saturated heterocycles. The van der Waals surface area contributed by atoms with Crippen LogP contribution in [0.4, 0.5) is 0 Å². The topological polar surface area (TPSA) is 52.9 Å². The molecular weight excluding hydrogens is 352 g/mol. The lowest BCUT2D eigenvalue weighted by atomic mass is 10.0. The number of nitrogens with zero attached hydrogens (tertiary/aromatic N) is 2. The Morgan fingerprint density at radius 1 is 1.04 bits per heavy atom. The van der Waals surface area contributed by atoms with E-state index in [1.165, 1.54) is 0 Å². The van der Waals surface area contributed by atoms with E-state index in [2.05, 4.69) is 23.1 Å². The number of para-hydroxylation sites is 1. The largest absolute Gasteiger partial charge is 0.492 e. The van der Waals surface area contributed by atoms with Crippen molar-refractivity contribution in [1.82, 2.24) is 4.98 Å². The van der Waals surface area contributed by atoms with Crippen LogP contribution in [0.15, 0.2) is 72.0 Å². The molecule has 0 saturated carbocycles. The Labute approximate surface area is 165 Å². The second-order valence-electron chi connectivity index (χ2n) is 5.93. The minimum Gasteiger partial charge on any atom is -0.492 e. The normalized spacial score (nSPS) is 11.1. The Kier molecular flexibility index (Phi) is 7.01. The fraction of sp³-hybridized carbons (Fsp3) is 0.217. The van der Waals surface area contributed by atoms with Crippen molar-refractivity contribution in [3.63, 3.8) is 0 Å². The minimum atomic E-state index is 0.341. The number of pyridine rings is 1. The van der Waals surface area contributed by atoms with Gasteiger partial charge in [0.2, 0.25) is 0 Å². The van der Waals surface area contributed by atoms with Crippen molar-refractivity contribution in [2.45, 2.75) is 13.3 Å². The van der Waals surface area contributed by atoms with Crippen LogP contribution < -0.4 is 9.47 Å². The van der Waals surface area contributed by atoms with Gasteiger partial charge in [-0.25, -0.2) is 0 Å². The quantitative estimate of drug-likeness (QED) is 0.307. The summed E-state index contributed by atoms with van der Waals surface area (Å²) in [5.41, 5.74) is 3.94. The molecule has 0 atom stereocenters. The molecule has 0 aliphatic rings. The van der Waals surface area contributed by atoms with Crippen LogP contribution in [0.1, 0.15) is 18.9 Å². The summed E-state index contributed by atoms with van der Waals surface area (Å²) >= 11 is 0. The lowest BCUT2D eigenvalue weighted by molar-refractivity contribution is 0.105. The monoisotopic (exact) mass is 375 g/mol. The highest BCUT2D eigenvalue weighted by molar-refractivity contribution is 6.00. The van der Waals surface area contributed by atoms with E-state index in [0.717, 1.165) is 29.0 Å². The number of rotatable bonds is 9. The first-order chi connectivity index (χ1) is 13.8. The first-order valence-electron chi connectivity index (χ1n) is 9.20. The third-order valence-electron chi connectivity index (χ3n) is 4.11. The zero-order valence-corrected chi connectivity index (χ0v) is 16.1. The maximum absolute atomic E-state index is 5.66. The highest BCUT2D eigenvalue weighted by Crippen LogP contribution is 2.25.